The molecule has 0 saturated carbocycles. The molecule has 0 bridgehead atoms. The largest absolute Gasteiger partial charge is 0.497 e. The fraction of sp³-hybridized carbons (Fsp3) is 0.316. The van der Waals surface area contributed by atoms with Crippen molar-refractivity contribution in [2.45, 2.75) is 19.3 Å². The maximum absolute atomic E-state index is 13.3. The molecule has 0 unspecified atom stereocenters. The van der Waals surface area contributed by atoms with Gasteiger partial charge in [-0.25, -0.2) is 0 Å². The lowest BCUT2D eigenvalue weighted by Gasteiger charge is -2.16. The smallest absolute Gasteiger partial charge is 0.416 e. The number of nitrogens with zero attached hydrogens (tertiary/aromatic N) is 1. The second-order valence-corrected chi connectivity index (χ2v) is 5.65. The molecule has 0 aliphatic carbocycles. The molecule has 0 amide bonds. The second-order valence-electron chi connectivity index (χ2n) is 5.65. The molecular formula is C19H22F3N3O2. The van der Waals surface area contributed by atoms with Crippen LogP contribution in [0.3, 0.4) is 0 Å². The Morgan fingerprint density at radius 2 is 1.52 bits per heavy atom. The van der Waals surface area contributed by atoms with Crippen LogP contribution in [0.5, 0.6) is 11.5 Å². The predicted molar refractivity (Wildman–Crippen MR) is 98.0 cm³/mol. The van der Waals surface area contributed by atoms with Gasteiger partial charge in [0.2, 0.25) is 0 Å². The fourth-order valence-electron chi connectivity index (χ4n) is 2.43. The van der Waals surface area contributed by atoms with Crippen LogP contribution in [-0.4, -0.2) is 27.2 Å². The maximum atomic E-state index is 13.3. The zero-order chi connectivity index (χ0) is 19.9. The van der Waals surface area contributed by atoms with Crippen molar-refractivity contribution < 1.29 is 22.6 Å². The molecule has 0 aromatic heterocycles. The molecule has 8 heteroatoms. The van der Waals surface area contributed by atoms with Crippen LogP contribution in [0.4, 0.5) is 13.2 Å². The minimum absolute atomic E-state index is 0.0267. The Balaban J connectivity index is 2.01. The third-order valence-electron chi connectivity index (χ3n) is 3.91. The lowest BCUT2D eigenvalue weighted by molar-refractivity contribution is -0.138. The summed E-state index contributed by atoms with van der Waals surface area (Å²) in [6.07, 6.45) is -4.47. The Bertz CT molecular complexity index is 775. The number of hydrogen-bond acceptors (Lipinski definition) is 3. The normalized spacial score (nSPS) is 11.9. The fourth-order valence-corrected chi connectivity index (χ4v) is 2.43. The van der Waals surface area contributed by atoms with Crippen molar-refractivity contribution in [2.75, 3.05) is 21.3 Å². The second kappa shape index (κ2) is 9.16. The van der Waals surface area contributed by atoms with Crippen molar-refractivity contribution in [1.29, 1.82) is 0 Å². The van der Waals surface area contributed by atoms with E-state index in [4.69, 9.17) is 9.47 Å². The van der Waals surface area contributed by atoms with E-state index >= 15 is 0 Å². The number of hydrogen-bond donors (Lipinski definition) is 2. The Hall–Kier alpha value is -2.90. The highest BCUT2D eigenvalue weighted by molar-refractivity contribution is 5.79. The molecule has 2 rings (SSSR count). The molecule has 0 radical (unpaired) electrons. The van der Waals surface area contributed by atoms with Gasteiger partial charge < -0.3 is 20.1 Å². The summed E-state index contributed by atoms with van der Waals surface area (Å²) in [5, 5.41) is 5.97. The van der Waals surface area contributed by atoms with Crippen LogP contribution in [-0.2, 0) is 19.3 Å². The summed E-state index contributed by atoms with van der Waals surface area (Å²) in [7, 11) is 4.48. The van der Waals surface area contributed by atoms with Gasteiger partial charge in [-0.2, -0.15) is 13.2 Å². The van der Waals surface area contributed by atoms with Gasteiger partial charge >= 0.3 is 6.18 Å². The molecule has 27 heavy (non-hydrogen) atoms. The molecule has 146 valence electrons. The van der Waals surface area contributed by atoms with E-state index < -0.39 is 11.7 Å². The average Bonchev–Trinajstić information content (AvgIpc) is 2.67. The first kappa shape index (κ1) is 20.4. The number of rotatable bonds is 6. The van der Waals surface area contributed by atoms with Gasteiger partial charge in [-0.05, 0) is 35.4 Å². The minimum atomic E-state index is -4.47. The highest BCUT2D eigenvalue weighted by Gasteiger charge is 2.33. The molecule has 5 nitrogen and oxygen atoms in total. The summed E-state index contributed by atoms with van der Waals surface area (Å²) in [6.45, 7) is 0.444. The standard InChI is InChI=1S/C19H22F3N3O2/c1-23-18(24-11-13-4-7-15(26-2)8-5-13)25-12-14-6-9-16(27-3)10-17(14)19(20,21)22/h4-10H,11-12H2,1-3H3,(H2,23,24,25). The number of aliphatic imine (C=N–C) groups is 1. The maximum Gasteiger partial charge on any atom is 0.416 e. The number of benzene rings is 2. The monoisotopic (exact) mass is 381 g/mol. The first-order valence-corrected chi connectivity index (χ1v) is 8.19. The van der Waals surface area contributed by atoms with E-state index in [9.17, 15) is 13.2 Å². The summed E-state index contributed by atoms with van der Waals surface area (Å²) in [6, 6.07) is 11.3. The van der Waals surface area contributed by atoms with Crippen LogP contribution in [0.1, 0.15) is 16.7 Å². The zero-order valence-electron chi connectivity index (χ0n) is 15.4. The number of halogens is 3. The molecule has 0 atom stereocenters. The molecule has 0 heterocycles. The summed E-state index contributed by atoms with van der Waals surface area (Å²) in [5.41, 5.74) is 0.356. The molecule has 2 aromatic carbocycles. The Morgan fingerprint density at radius 1 is 0.926 bits per heavy atom. The van der Waals surface area contributed by atoms with Gasteiger partial charge in [0.05, 0.1) is 19.8 Å². The Labute approximate surface area is 156 Å². The van der Waals surface area contributed by atoms with Crippen molar-refractivity contribution in [3.63, 3.8) is 0 Å². The Morgan fingerprint density at radius 3 is 2.07 bits per heavy atom. The SMILES string of the molecule is CN=C(NCc1ccc(OC)cc1)NCc1ccc(OC)cc1C(F)(F)F. The van der Waals surface area contributed by atoms with E-state index in [1.807, 2.05) is 24.3 Å². The van der Waals surface area contributed by atoms with Gasteiger partial charge in [0.15, 0.2) is 5.96 Å². The molecule has 0 aliphatic rings. The quantitative estimate of drug-likeness (QED) is 0.593. The molecule has 0 saturated heterocycles. The third kappa shape index (κ3) is 5.80. The van der Waals surface area contributed by atoms with Gasteiger partial charge in [0, 0.05) is 20.1 Å². The van der Waals surface area contributed by atoms with Gasteiger partial charge in [0.25, 0.3) is 0 Å². The van der Waals surface area contributed by atoms with Crippen LogP contribution >= 0.6 is 0 Å². The molecule has 2 N–H and O–H groups in total. The first-order chi connectivity index (χ1) is 12.9. The number of ether oxygens (including phenoxy) is 2. The van der Waals surface area contributed by atoms with Crippen molar-refractivity contribution in [1.82, 2.24) is 10.6 Å². The molecule has 0 aliphatic heterocycles. The predicted octanol–water partition coefficient (Wildman–Crippen LogP) is 3.59. The van der Waals surface area contributed by atoms with Crippen molar-refractivity contribution in [3.05, 3.63) is 59.2 Å². The Kier molecular flexibility index (Phi) is 6.92. The molecular weight excluding hydrogens is 359 g/mol. The van der Waals surface area contributed by atoms with Gasteiger partial charge in [-0.15, -0.1) is 0 Å². The highest BCUT2D eigenvalue weighted by atomic mass is 19.4. The van der Waals surface area contributed by atoms with Crippen LogP contribution in [0, 0.1) is 0 Å². The lowest BCUT2D eigenvalue weighted by atomic mass is 10.1. The molecule has 2 aromatic rings. The summed E-state index contributed by atoms with van der Waals surface area (Å²) < 4.78 is 49.8. The van der Waals surface area contributed by atoms with E-state index in [-0.39, 0.29) is 17.9 Å². The van der Waals surface area contributed by atoms with E-state index in [1.165, 1.54) is 19.2 Å². The highest BCUT2D eigenvalue weighted by Crippen LogP contribution is 2.34. The van der Waals surface area contributed by atoms with Gasteiger partial charge in [-0.3, -0.25) is 4.99 Å². The van der Waals surface area contributed by atoms with Crippen molar-refractivity contribution >= 4 is 5.96 Å². The molecule has 0 fully saturated rings. The van der Waals surface area contributed by atoms with Crippen LogP contribution in [0.2, 0.25) is 0 Å². The van der Waals surface area contributed by atoms with Crippen molar-refractivity contribution in [2.24, 2.45) is 4.99 Å². The minimum Gasteiger partial charge on any atom is -0.497 e. The zero-order valence-corrected chi connectivity index (χ0v) is 15.4. The number of alkyl halides is 3. The molecule has 0 spiro atoms. The topological polar surface area (TPSA) is 54.9 Å². The van der Waals surface area contributed by atoms with Crippen molar-refractivity contribution in [3.8, 4) is 11.5 Å². The average molecular weight is 381 g/mol. The summed E-state index contributed by atoms with van der Waals surface area (Å²) >= 11 is 0. The van der Waals surface area contributed by atoms with E-state index in [1.54, 1.807) is 14.2 Å². The van der Waals surface area contributed by atoms with Gasteiger partial charge in [-0.1, -0.05) is 18.2 Å². The van der Waals surface area contributed by atoms with E-state index in [0.717, 1.165) is 17.4 Å². The van der Waals surface area contributed by atoms with Gasteiger partial charge in [0.1, 0.15) is 11.5 Å². The third-order valence-corrected chi connectivity index (χ3v) is 3.91. The number of guanidine groups is 1. The van der Waals surface area contributed by atoms with Crippen LogP contribution < -0.4 is 20.1 Å². The summed E-state index contributed by atoms with van der Waals surface area (Å²) in [5.74, 6) is 1.31. The number of methoxy groups -OCH3 is 2. The van der Waals surface area contributed by atoms with E-state index in [0.29, 0.717) is 12.5 Å². The lowest BCUT2D eigenvalue weighted by Crippen LogP contribution is -2.36. The van der Waals surface area contributed by atoms with E-state index in [2.05, 4.69) is 15.6 Å². The summed E-state index contributed by atoms with van der Waals surface area (Å²) in [4.78, 5) is 4.04. The first-order valence-electron chi connectivity index (χ1n) is 8.19. The number of nitrogens with one attached hydrogen (secondary N) is 2. The van der Waals surface area contributed by atoms with Crippen LogP contribution in [0.25, 0.3) is 0 Å². The van der Waals surface area contributed by atoms with Crippen LogP contribution in [0.15, 0.2) is 47.5 Å².